The lowest BCUT2D eigenvalue weighted by atomic mass is 10.0. The lowest BCUT2D eigenvalue weighted by Crippen LogP contribution is -2.06. The molecule has 1 aromatic heterocycles. The highest BCUT2D eigenvalue weighted by Crippen LogP contribution is 2.25. The molecule has 2 rings (SSSR count). The zero-order chi connectivity index (χ0) is 11.0. The Morgan fingerprint density at radius 2 is 2.27 bits per heavy atom. The molecule has 5 nitrogen and oxygen atoms in total. The van der Waals surface area contributed by atoms with Crippen LogP contribution >= 0.6 is 0 Å². The zero-order valence-electron chi connectivity index (χ0n) is 8.54. The van der Waals surface area contributed by atoms with Crippen LogP contribution in [-0.4, -0.2) is 14.7 Å². The van der Waals surface area contributed by atoms with Gasteiger partial charge in [-0.15, -0.1) is 0 Å². The highest BCUT2D eigenvalue weighted by atomic mass is 16.6. The van der Waals surface area contributed by atoms with Crippen molar-refractivity contribution in [1.82, 2.24) is 9.78 Å². The minimum absolute atomic E-state index is 0.290. The Bertz CT molecular complexity index is 518. The summed E-state index contributed by atoms with van der Waals surface area (Å²) in [6.45, 7) is 1.59. The summed E-state index contributed by atoms with van der Waals surface area (Å²) < 4.78 is 1.71. The van der Waals surface area contributed by atoms with Crippen LogP contribution in [0.4, 0.5) is 0 Å². The second kappa shape index (κ2) is 3.34. The van der Waals surface area contributed by atoms with Gasteiger partial charge in [0.25, 0.3) is 0 Å². The standard InChI is InChI=1S/C10H11N3O2/c1-7(13(14)15)8-4-3-5-10-9(8)6-11-12(10)2/h3-7H,1-2H3. The molecular formula is C10H11N3O2. The van der Waals surface area contributed by atoms with E-state index in [1.807, 2.05) is 19.2 Å². The Kier molecular flexibility index (Phi) is 2.15. The van der Waals surface area contributed by atoms with Crippen LogP contribution in [-0.2, 0) is 7.05 Å². The van der Waals surface area contributed by atoms with Crippen molar-refractivity contribution in [2.45, 2.75) is 13.0 Å². The quantitative estimate of drug-likeness (QED) is 0.555. The van der Waals surface area contributed by atoms with E-state index in [-0.39, 0.29) is 4.92 Å². The summed E-state index contributed by atoms with van der Waals surface area (Å²) >= 11 is 0. The van der Waals surface area contributed by atoms with Crippen molar-refractivity contribution < 1.29 is 4.92 Å². The van der Waals surface area contributed by atoms with E-state index >= 15 is 0 Å². The van der Waals surface area contributed by atoms with Crippen molar-refractivity contribution >= 4 is 10.9 Å². The molecule has 1 heterocycles. The molecule has 2 aromatic rings. The Morgan fingerprint density at radius 1 is 1.53 bits per heavy atom. The fourth-order valence-electron chi connectivity index (χ4n) is 1.68. The van der Waals surface area contributed by atoms with E-state index in [1.165, 1.54) is 0 Å². The first kappa shape index (κ1) is 9.64. The molecule has 0 aliphatic rings. The first-order valence-electron chi connectivity index (χ1n) is 4.65. The van der Waals surface area contributed by atoms with Gasteiger partial charge in [-0.25, -0.2) is 0 Å². The number of hydrogen-bond acceptors (Lipinski definition) is 3. The van der Waals surface area contributed by atoms with Crippen LogP contribution in [0.2, 0.25) is 0 Å². The van der Waals surface area contributed by atoms with Gasteiger partial charge in [-0.3, -0.25) is 14.8 Å². The topological polar surface area (TPSA) is 61.0 Å². The van der Waals surface area contributed by atoms with Crippen molar-refractivity contribution in [2.75, 3.05) is 0 Å². The fraction of sp³-hybridized carbons (Fsp3) is 0.300. The molecule has 0 saturated heterocycles. The Balaban J connectivity index is 2.66. The largest absolute Gasteiger partial charge is 0.268 e. The number of nitrogens with zero attached hydrogens (tertiary/aromatic N) is 3. The van der Waals surface area contributed by atoms with E-state index in [0.717, 1.165) is 10.9 Å². The maximum Gasteiger partial charge on any atom is 0.236 e. The summed E-state index contributed by atoms with van der Waals surface area (Å²) in [7, 11) is 1.82. The van der Waals surface area contributed by atoms with Crippen molar-refractivity contribution in [2.24, 2.45) is 7.05 Å². The molecule has 0 N–H and O–H groups in total. The molecule has 0 radical (unpaired) electrons. The van der Waals surface area contributed by atoms with E-state index in [1.54, 1.807) is 23.9 Å². The van der Waals surface area contributed by atoms with E-state index in [2.05, 4.69) is 5.10 Å². The number of rotatable bonds is 2. The Morgan fingerprint density at radius 3 is 2.93 bits per heavy atom. The molecule has 0 amide bonds. The molecule has 0 fully saturated rings. The van der Waals surface area contributed by atoms with Crippen molar-refractivity contribution in [3.05, 3.63) is 40.1 Å². The monoisotopic (exact) mass is 205 g/mol. The molecule has 1 unspecified atom stereocenters. The van der Waals surface area contributed by atoms with Gasteiger partial charge in [-0.2, -0.15) is 5.10 Å². The van der Waals surface area contributed by atoms with Gasteiger partial charge in [0.2, 0.25) is 6.04 Å². The molecule has 78 valence electrons. The minimum atomic E-state index is -0.696. The third-order valence-electron chi connectivity index (χ3n) is 2.59. The van der Waals surface area contributed by atoms with Crippen LogP contribution < -0.4 is 0 Å². The molecule has 0 saturated carbocycles. The minimum Gasteiger partial charge on any atom is -0.268 e. The van der Waals surface area contributed by atoms with Gasteiger partial charge >= 0.3 is 0 Å². The normalized spacial score (nSPS) is 12.9. The van der Waals surface area contributed by atoms with Gasteiger partial charge in [0.15, 0.2) is 0 Å². The zero-order valence-corrected chi connectivity index (χ0v) is 8.54. The highest BCUT2D eigenvalue weighted by molar-refractivity contribution is 5.82. The van der Waals surface area contributed by atoms with Gasteiger partial charge < -0.3 is 0 Å². The van der Waals surface area contributed by atoms with Gasteiger partial charge in [0.1, 0.15) is 0 Å². The van der Waals surface area contributed by atoms with E-state index in [0.29, 0.717) is 5.56 Å². The summed E-state index contributed by atoms with van der Waals surface area (Å²) in [6.07, 6.45) is 1.67. The number of benzene rings is 1. The average Bonchev–Trinajstić information content (AvgIpc) is 2.59. The molecule has 0 bridgehead atoms. The third kappa shape index (κ3) is 1.45. The fourth-order valence-corrected chi connectivity index (χ4v) is 1.68. The summed E-state index contributed by atoms with van der Waals surface area (Å²) in [5.74, 6) is 0. The summed E-state index contributed by atoms with van der Waals surface area (Å²) in [4.78, 5) is 10.4. The van der Waals surface area contributed by atoms with Crippen LogP contribution in [0.15, 0.2) is 24.4 Å². The summed E-state index contributed by atoms with van der Waals surface area (Å²) in [6, 6.07) is 4.80. The van der Waals surface area contributed by atoms with Crippen molar-refractivity contribution in [3.8, 4) is 0 Å². The van der Waals surface area contributed by atoms with Gasteiger partial charge in [-0.1, -0.05) is 12.1 Å². The average molecular weight is 205 g/mol. The van der Waals surface area contributed by atoms with E-state index < -0.39 is 6.04 Å². The number of aromatic nitrogens is 2. The van der Waals surface area contributed by atoms with Gasteiger partial charge in [0.05, 0.1) is 11.7 Å². The molecule has 1 aromatic carbocycles. The molecule has 1 atom stereocenters. The SMILES string of the molecule is CC(c1cccc2c1cnn2C)[N+](=O)[O-]. The van der Waals surface area contributed by atoms with Crippen molar-refractivity contribution in [1.29, 1.82) is 0 Å². The van der Waals surface area contributed by atoms with Crippen LogP contribution in [0, 0.1) is 10.1 Å². The maximum absolute atomic E-state index is 10.7. The Hall–Kier alpha value is -1.91. The Labute approximate surface area is 86.5 Å². The third-order valence-corrected chi connectivity index (χ3v) is 2.59. The van der Waals surface area contributed by atoms with E-state index in [4.69, 9.17) is 0 Å². The molecule has 15 heavy (non-hydrogen) atoms. The molecule has 5 heteroatoms. The number of aryl methyl sites for hydroxylation is 1. The molecule has 0 aliphatic carbocycles. The number of hydrogen-bond donors (Lipinski definition) is 0. The number of nitro groups is 1. The first-order valence-corrected chi connectivity index (χ1v) is 4.65. The molecular weight excluding hydrogens is 194 g/mol. The van der Waals surface area contributed by atoms with Crippen LogP contribution in [0.3, 0.4) is 0 Å². The van der Waals surface area contributed by atoms with Crippen LogP contribution in [0.1, 0.15) is 18.5 Å². The second-order valence-electron chi connectivity index (χ2n) is 3.51. The second-order valence-corrected chi connectivity index (χ2v) is 3.51. The molecule has 0 aliphatic heterocycles. The molecule has 0 spiro atoms. The van der Waals surface area contributed by atoms with Gasteiger partial charge in [0, 0.05) is 29.8 Å². The van der Waals surface area contributed by atoms with Crippen molar-refractivity contribution in [3.63, 3.8) is 0 Å². The van der Waals surface area contributed by atoms with Crippen LogP contribution in [0.25, 0.3) is 10.9 Å². The summed E-state index contributed by atoms with van der Waals surface area (Å²) in [5, 5.41) is 15.7. The van der Waals surface area contributed by atoms with E-state index in [9.17, 15) is 10.1 Å². The number of fused-ring (bicyclic) bond motifs is 1. The smallest absolute Gasteiger partial charge is 0.236 e. The highest BCUT2D eigenvalue weighted by Gasteiger charge is 2.19. The van der Waals surface area contributed by atoms with Gasteiger partial charge in [-0.05, 0) is 6.07 Å². The lowest BCUT2D eigenvalue weighted by molar-refractivity contribution is -0.524. The maximum atomic E-state index is 10.7. The predicted molar refractivity (Wildman–Crippen MR) is 56.1 cm³/mol. The first-order chi connectivity index (χ1) is 7.11. The lowest BCUT2D eigenvalue weighted by Gasteiger charge is -2.05. The van der Waals surface area contributed by atoms with Crippen LogP contribution in [0.5, 0.6) is 0 Å². The predicted octanol–water partition coefficient (Wildman–Crippen LogP) is 1.91. The summed E-state index contributed by atoms with van der Waals surface area (Å²) in [5.41, 5.74) is 1.63.